The number of rotatable bonds is 7. The smallest absolute Gasteiger partial charge is 0.310 e. The Kier molecular flexibility index (Phi) is 6.69. The van der Waals surface area contributed by atoms with Crippen LogP contribution in [0.15, 0.2) is 0 Å². The van der Waals surface area contributed by atoms with Gasteiger partial charge in [-0.1, -0.05) is 47.0 Å². The third kappa shape index (κ3) is 5.01. The van der Waals surface area contributed by atoms with Crippen molar-refractivity contribution in [1.82, 2.24) is 5.32 Å². The number of nitrogens with one attached hydrogen (secondary N) is 1. The molecule has 0 atom stereocenters. The molecule has 0 saturated heterocycles. The van der Waals surface area contributed by atoms with Gasteiger partial charge in [0.1, 0.15) is 0 Å². The van der Waals surface area contributed by atoms with Crippen molar-refractivity contribution in [3.63, 3.8) is 0 Å². The molecule has 1 aliphatic rings. The van der Waals surface area contributed by atoms with E-state index in [2.05, 4.69) is 33.0 Å². The Morgan fingerprint density at radius 3 is 2.00 bits per heavy atom. The number of carboxylic acids is 1. The maximum absolute atomic E-state index is 12.2. The zero-order chi connectivity index (χ0) is 16.0. The first-order valence-electron chi connectivity index (χ1n) is 8.28. The van der Waals surface area contributed by atoms with Gasteiger partial charge in [0, 0.05) is 13.0 Å². The molecule has 0 aromatic rings. The lowest BCUT2D eigenvalue weighted by Gasteiger charge is -2.33. The van der Waals surface area contributed by atoms with Crippen LogP contribution < -0.4 is 5.32 Å². The normalized spacial score (nSPS) is 18.2. The Balaban J connectivity index is 2.57. The van der Waals surface area contributed by atoms with Crippen LogP contribution in [0.1, 0.15) is 66.2 Å². The van der Waals surface area contributed by atoms with Crippen LogP contribution in [0.25, 0.3) is 0 Å². The molecule has 0 heterocycles. The maximum Gasteiger partial charge on any atom is 0.310 e. The average molecular weight is 297 g/mol. The van der Waals surface area contributed by atoms with E-state index in [1.807, 2.05) is 0 Å². The highest BCUT2D eigenvalue weighted by Crippen LogP contribution is 2.39. The molecule has 0 bridgehead atoms. The fraction of sp³-hybridized carbons (Fsp3) is 0.882. The summed E-state index contributed by atoms with van der Waals surface area (Å²) < 4.78 is 0. The Morgan fingerprint density at radius 1 is 1.05 bits per heavy atom. The standard InChI is InChI=1S/C17H31NO3/c1-12(2)14(13(3)4)11-18-15(19)10-17(16(20)21)8-6-5-7-9-17/h12-14H,5-11H2,1-4H3,(H,18,19)(H,20,21). The van der Waals surface area contributed by atoms with E-state index in [9.17, 15) is 14.7 Å². The van der Waals surface area contributed by atoms with E-state index in [0.29, 0.717) is 37.1 Å². The van der Waals surface area contributed by atoms with E-state index in [-0.39, 0.29) is 12.3 Å². The van der Waals surface area contributed by atoms with Crippen LogP contribution in [-0.4, -0.2) is 23.5 Å². The molecular weight excluding hydrogens is 266 g/mol. The summed E-state index contributed by atoms with van der Waals surface area (Å²) in [5.41, 5.74) is -0.826. The minimum Gasteiger partial charge on any atom is -0.481 e. The molecule has 1 saturated carbocycles. The average Bonchev–Trinajstić information content (AvgIpc) is 2.38. The summed E-state index contributed by atoms with van der Waals surface area (Å²) in [6.07, 6.45) is 4.31. The second-order valence-electron chi connectivity index (χ2n) is 7.28. The molecule has 122 valence electrons. The second-order valence-corrected chi connectivity index (χ2v) is 7.28. The summed E-state index contributed by atoms with van der Waals surface area (Å²) in [5.74, 6) is 0.537. The molecule has 4 nitrogen and oxygen atoms in total. The monoisotopic (exact) mass is 297 g/mol. The van der Waals surface area contributed by atoms with E-state index in [1.165, 1.54) is 0 Å². The third-order valence-corrected chi connectivity index (χ3v) is 5.01. The van der Waals surface area contributed by atoms with Gasteiger partial charge in [-0.25, -0.2) is 0 Å². The van der Waals surface area contributed by atoms with E-state index < -0.39 is 11.4 Å². The molecule has 1 rings (SSSR count). The van der Waals surface area contributed by atoms with Crippen molar-refractivity contribution < 1.29 is 14.7 Å². The fourth-order valence-electron chi connectivity index (χ4n) is 3.54. The first kappa shape index (κ1) is 18.0. The van der Waals surface area contributed by atoms with Crippen LogP contribution in [0.5, 0.6) is 0 Å². The van der Waals surface area contributed by atoms with Gasteiger partial charge >= 0.3 is 5.97 Å². The first-order chi connectivity index (χ1) is 9.78. The lowest BCUT2D eigenvalue weighted by Crippen LogP contribution is -2.41. The highest BCUT2D eigenvalue weighted by atomic mass is 16.4. The second kappa shape index (κ2) is 7.81. The van der Waals surface area contributed by atoms with E-state index >= 15 is 0 Å². The minimum atomic E-state index is -0.826. The highest BCUT2D eigenvalue weighted by molar-refractivity contribution is 5.85. The van der Waals surface area contributed by atoms with Crippen molar-refractivity contribution in [1.29, 1.82) is 0 Å². The molecule has 0 aliphatic heterocycles. The van der Waals surface area contributed by atoms with Crippen LogP contribution >= 0.6 is 0 Å². The number of carboxylic acid groups (broad SMARTS) is 1. The molecule has 2 N–H and O–H groups in total. The molecule has 21 heavy (non-hydrogen) atoms. The lowest BCUT2D eigenvalue weighted by molar-refractivity contribution is -0.154. The number of carbonyl (C=O) groups is 2. The summed E-state index contributed by atoms with van der Waals surface area (Å²) >= 11 is 0. The molecule has 4 heteroatoms. The van der Waals surface area contributed by atoms with Gasteiger partial charge < -0.3 is 10.4 Å². The zero-order valence-electron chi connectivity index (χ0n) is 13.9. The summed E-state index contributed by atoms with van der Waals surface area (Å²) in [4.78, 5) is 23.8. The summed E-state index contributed by atoms with van der Waals surface area (Å²) in [5, 5.41) is 12.5. The van der Waals surface area contributed by atoms with Gasteiger partial charge in [0.15, 0.2) is 0 Å². The Bertz CT molecular complexity index is 349. The van der Waals surface area contributed by atoms with Crippen molar-refractivity contribution in [3.8, 4) is 0 Å². The SMILES string of the molecule is CC(C)C(CNC(=O)CC1(C(=O)O)CCCCC1)C(C)C. The predicted molar refractivity (Wildman–Crippen MR) is 83.9 cm³/mol. The molecule has 0 unspecified atom stereocenters. The number of carbonyl (C=O) groups excluding carboxylic acids is 1. The van der Waals surface area contributed by atoms with Gasteiger partial charge in [0.05, 0.1) is 5.41 Å². The highest BCUT2D eigenvalue weighted by Gasteiger charge is 2.41. The first-order valence-corrected chi connectivity index (χ1v) is 8.28. The molecule has 0 radical (unpaired) electrons. The van der Waals surface area contributed by atoms with Crippen LogP contribution in [-0.2, 0) is 9.59 Å². The van der Waals surface area contributed by atoms with E-state index in [4.69, 9.17) is 0 Å². The largest absolute Gasteiger partial charge is 0.481 e. The van der Waals surface area contributed by atoms with Gasteiger partial charge in [-0.15, -0.1) is 0 Å². The van der Waals surface area contributed by atoms with Gasteiger partial charge in [0.2, 0.25) is 5.91 Å². The molecule has 0 aromatic heterocycles. The van der Waals surface area contributed by atoms with Gasteiger partial charge in [0.25, 0.3) is 0 Å². The predicted octanol–water partition coefficient (Wildman–Crippen LogP) is 3.46. The van der Waals surface area contributed by atoms with Crippen LogP contribution in [0.4, 0.5) is 0 Å². The number of hydrogen-bond acceptors (Lipinski definition) is 2. The maximum atomic E-state index is 12.2. The molecule has 0 spiro atoms. The van der Waals surface area contributed by atoms with Crippen molar-refractivity contribution in [2.45, 2.75) is 66.2 Å². The van der Waals surface area contributed by atoms with Gasteiger partial charge in [-0.3, -0.25) is 9.59 Å². The third-order valence-electron chi connectivity index (χ3n) is 5.01. The van der Waals surface area contributed by atoms with Crippen molar-refractivity contribution >= 4 is 11.9 Å². The summed E-state index contributed by atoms with van der Waals surface area (Å²) in [7, 11) is 0. The van der Waals surface area contributed by atoms with Gasteiger partial charge in [-0.2, -0.15) is 0 Å². The fourth-order valence-corrected chi connectivity index (χ4v) is 3.54. The Morgan fingerprint density at radius 2 is 1.57 bits per heavy atom. The molecule has 1 fully saturated rings. The number of amides is 1. The van der Waals surface area contributed by atoms with Crippen molar-refractivity contribution in [2.75, 3.05) is 6.54 Å². The van der Waals surface area contributed by atoms with Crippen LogP contribution in [0, 0.1) is 23.2 Å². The Labute approximate surface area is 128 Å². The van der Waals surface area contributed by atoms with Crippen molar-refractivity contribution in [2.24, 2.45) is 23.2 Å². The topological polar surface area (TPSA) is 66.4 Å². The zero-order valence-corrected chi connectivity index (χ0v) is 13.9. The lowest BCUT2D eigenvalue weighted by atomic mass is 9.71. The minimum absolute atomic E-state index is 0.106. The number of hydrogen-bond donors (Lipinski definition) is 2. The molecular formula is C17H31NO3. The van der Waals surface area contributed by atoms with Crippen LogP contribution in [0.2, 0.25) is 0 Å². The molecule has 1 amide bonds. The molecule has 1 aliphatic carbocycles. The summed E-state index contributed by atoms with van der Waals surface area (Å²) in [6, 6.07) is 0. The van der Waals surface area contributed by atoms with Crippen LogP contribution in [0.3, 0.4) is 0 Å². The van der Waals surface area contributed by atoms with Crippen molar-refractivity contribution in [3.05, 3.63) is 0 Å². The summed E-state index contributed by atoms with van der Waals surface area (Å²) in [6.45, 7) is 9.30. The molecule has 0 aromatic carbocycles. The van der Waals surface area contributed by atoms with E-state index in [1.54, 1.807) is 0 Å². The number of aliphatic carboxylic acids is 1. The van der Waals surface area contributed by atoms with E-state index in [0.717, 1.165) is 19.3 Å². The quantitative estimate of drug-likeness (QED) is 0.756. The Hall–Kier alpha value is -1.06. The van der Waals surface area contributed by atoms with Gasteiger partial charge in [-0.05, 0) is 30.6 Å².